The molecule has 1 saturated carbocycles. The number of alkyl halides is 3. The Hall–Kier alpha value is -4.28. The minimum atomic E-state index is -4.71. The molecule has 0 bridgehead atoms. The van der Waals surface area contributed by atoms with Crippen LogP contribution in [0.5, 0.6) is 5.75 Å². The molecule has 3 heterocycles. The average molecular weight is 494 g/mol. The van der Waals surface area contributed by atoms with Crippen LogP contribution in [-0.2, 0) is 0 Å². The van der Waals surface area contributed by atoms with Crippen LogP contribution >= 0.6 is 0 Å². The molecule has 3 aromatic heterocycles. The number of hydrogen-bond acceptors (Lipinski definition) is 6. The minimum absolute atomic E-state index is 0.0329. The van der Waals surface area contributed by atoms with E-state index < -0.39 is 18.1 Å². The number of pyridine rings is 1. The summed E-state index contributed by atoms with van der Waals surface area (Å²) in [5, 5.41) is 6.41. The highest BCUT2D eigenvalue weighted by molar-refractivity contribution is 5.96. The normalized spacial score (nSPS) is 14.3. The predicted octanol–water partition coefficient (Wildman–Crippen LogP) is 4.64. The quantitative estimate of drug-likeness (QED) is 0.402. The second-order valence-corrected chi connectivity index (χ2v) is 8.31. The zero-order chi connectivity index (χ0) is 25.3. The van der Waals surface area contributed by atoms with Gasteiger partial charge >= 0.3 is 6.18 Å². The van der Waals surface area contributed by atoms with Gasteiger partial charge in [-0.05, 0) is 37.1 Å². The maximum absolute atomic E-state index is 13.8. The molecular formula is C25H21F3N6O2. The number of carbonyl (C=O) groups is 1. The van der Waals surface area contributed by atoms with Gasteiger partial charge in [-0.25, -0.2) is 14.6 Å². The summed E-state index contributed by atoms with van der Waals surface area (Å²) >= 11 is 0. The van der Waals surface area contributed by atoms with E-state index in [1.807, 2.05) is 24.3 Å². The lowest BCUT2D eigenvalue weighted by Gasteiger charge is -2.21. The van der Waals surface area contributed by atoms with Crippen LogP contribution in [0.25, 0.3) is 17.2 Å². The maximum Gasteiger partial charge on any atom is 0.412 e. The number of amides is 1. The average Bonchev–Trinajstić information content (AvgIpc) is 3.64. The molecule has 0 saturated heterocycles. The SMILES string of the molecule is COc1ccccc1-c1ccnc(-n2ncc(C(=O)N[C@@H](c3cccnc3)C(F)(F)F)c2C2CC2)n1. The lowest BCUT2D eigenvalue weighted by atomic mass is 10.1. The number of para-hydroxylation sites is 1. The van der Waals surface area contributed by atoms with E-state index in [2.05, 4.69) is 25.4 Å². The molecule has 1 atom stereocenters. The van der Waals surface area contributed by atoms with Gasteiger partial charge in [-0.15, -0.1) is 0 Å². The molecule has 1 aliphatic rings. The molecule has 1 N–H and O–H groups in total. The molecule has 184 valence electrons. The number of methoxy groups -OCH3 is 1. The molecule has 36 heavy (non-hydrogen) atoms. The fourth-order valence-corrected chi connectivity index (χ4v) is 4.01. The van der Waals surface area contributed by atoms with Crippen molar-refractivity contribution in [1.29, 1.82) is 0 Å². The van der Waals surface area contributed by atoms with Gasteiger partial charge in [0.25, 0.3) is 11.9 Å². The van der Waals surface area contributed by atoms with Crippen molar-refractivity contribution in [2.45, 2.75) is 31.0 Å². The van der Waals surface area contributed by atoms with Crippen molar-refractivity contribution >= 4 is 5.91 Å². The van der Waals surface area contributed by atoms with E-state index in [0.717, 1.165) is 24.6 Å². The van der Waals surface area contributed by atoms with E-state index in [4.69, 9.17) is 4.74 Å². The molecule has 0 spiro atoms. The number of nitrogens with one attached hydrogen (secondary N) is 1. The standard InChI is InChI=1S/C25H21F3N6O2/c1-36-20-7-3-2-6-17(20)19-10-12-30-24(32-19)34-21(15-8-9-15)18(14-31-34)23(35)33-22(25(26,27)28)16-5-4-11-29-13-16/h2-7,10-15,22H,8-9H2,1H3,(H,33,35)/t22-/m0/s1. The van der Waals surface area contributed by atoms with E-state index >= 15 is 0 Å². The molecule has 5 rings (SSSR count). The number of hydrogen-bond donors (Lipinski definition) is 1. The Morgan fingerprint density at radius 1 is 1.11 bits per heavy atom. The van der Waals surface area contributed by atoms with E-state index in [9.17, 15) is 18.0 Å². The zero-order valence-electron chi connectivity index (χ0n) is 19.1. The van der Waals surface area contributed by atoms with Gasteiger partial charge in [0.15, 0.2) is 6.04 Å². The molecule has 0 radical (unpaired) electrons. The monoisotopic (exact) mass is 494 g/mol. The lowest BCUT2D eigenvalue weighted by molar-refractivity contribution is -0.155. The summed E-state index contributed by atoms with van der Waals surface area (Å²) in [5.41, 5.74) is 1.70. The molecule has 1 aromatic carbocycles. The first kappa shape index (κ1) is 23.5. The first-order valence-corrected chi connectivity index (χ1v) is 11.2. The van der Waals surface area contributed by atoms with E-state index in [-0.39, 0.29) is 23.0 Å². The first-order valence-electron chi connectivity index (χ1n) is 11.2. The van der Waals surface area contributed by atoms with Crippen molar-refractivity contribution in [3.05, 3.63) is 84.1 Å². The minimum Gasteiger partial charge on any atom is -0.496 e. The van der Waals surface area contributed by atoms with Crippen molar-refractivity contribution in [3.8, 4) is 23.0 Å². The highest BCUT2D eigenvalue weighted by atomic mass is 19.4. The molecule has 11 heteroatoms. The third kappa shape index (κ3) is 4.64. The smallest absolute Gasteiger partial charge is 0.412 e. The van der Waals surface area contributed by atoms with Crippen molar-refractivity contribution < 1.29 is 22.7 Å². The molecule has 0 aliphatic heterocycles. The van der Waals surface area contributed by atoms with Crippen LogP contribution in [0.2, 0.25) is 0 Å². The summed E-state index contributed by atoms with van der Waals surface area (Å²) in [6.45, 7) is 0. The van der Waals surface area contributed by atoms with Crippen molar-refractivity contribution in [2.75, 3.05) is 7.11 Å². The number of benzene rings is 1. The summed E-state index contributed by atoms with van der Waals surface area (Å²) < 4.78 is 48.2. The Kier molecular flexibility index (Phi) is 6.13. The number of nitrogens with zero attached hydrogens (tertiary/aromatic N) is 5. The number of carbonyl (C=O) groups excluding carboxylic acids is 1. The van der Waals surface area contributed by atoms with E-state index in [0.29, 0.717) is 17.1 Å². The van der Waals surface area contributed by atoms with E-state index in [1.54, 1.807) is 19.4 Å². The van der Waals surface area contributed by atoms with Gasteiger partial charge in [0.05, 0.1) is 30.3 Å². The topological polar surface area (TPSA) is 94.8 Å². The Morgan fingerprint density at radius 3 is 2.61 bits per heavy atom. The van der Waals surface area contributed by atoms with Crippen LogP contribution in [0.1, 0.15) is 46.4 Å². The molecule has 0 unspecified atom stereocenters. The summed E-state index contributed by atoms with van der Waals surface area (Å²) in [6, 6.07) is 9.52. The van der Waals surface area contributed by atoms with Crippen molar-refractivity contribution in [3.63, 3.8) is 0 Å². The molecule has 4 aromatic rings. The highest BCUT2D eigenvalue weighted by Crippen LogP contribution is 2.43. The van der Waals surface area contributed by atoms with Crippen molar-refractivity contribution in [1.82, 2.24) is 30.0 Å². The summed E-state index contributed by atoms with van der Waals surface area (Å²) in [6.07, 6.45) is 2.13. The molecule has 1 fully saturated rings. The third-order valence-corrected chi connectivity index (χ3v) is 5.85. The molecular weight excluding hydrogens is 473 g/mol. The van der Waals surface area contributed by atoms with Gasteiger partial charge in [-0.1, -0.05) is 18.2 Å². The number of halogens is 3. The fourth-order valence-electron chi connectivity index (χ4n) is 4.01. The number of ether oxygens (including phenoxy) is 1. The Bertz CT molecular complexity index is 1390. The Labute approximate surface area is 204 Å². The molecule has 8 nitrogen and oxygen atoms in total. The van der Waals surface area contributed by atoms with Gasteiger partial charge in [-0.3, -0.25) is 9.78 Å². The lowest BCUT2D eigenvalue weighted by Crippen LogP contribution is -2.38. The van der Waals surface area contributed by atoms with Crippen LogP contribution in [-0.4, -0.2) is 43.9 Å². The first-order chi connectivity index (χ1) is 17.4. The largest absolute Gasteiger partial charge is 0.496 e. The molecule has 1 aliphatic carbocycles. The van der Waals surface area contributed by atoms with Crippen molar-refractivity contribution in [2.24, 2.45) is 0 Å². The fraction of sp³-hybridized carbons (Fsp3) is 0.240. The van der Waals surface area contributed by atoms with Gasteiger partial charge < -0.3 is 10.1 Å². The second-order valence-electron chi connectivity index (χ2n) is 8.31. The maximum atomic E-state index is 13.8. The van der Waals surface area contributed by atoms with Crippen LogP contribution in [0.15, 0.2) is 67.3 Å². The second kappa shape index (κ2) is 9.40. The van der Waals surface area contributed by atoms with Gasteiger partial charge in [0.1, 0.15) is 5.75 Å². The van der Waals surface area contributed by atoms with E-state index in [1.165, 1.54) is 29.2 Å². The Balaban J connectivity index is 1.50. The number of aromatic nitrogens is 5. The van der Waals surface area contributed by atoms with Gasteiger partial charge in [-0.2, -0.15) is 18.3 Å². The predicted molar refractivity (Wildman–Crippen MR) is 124 cm³/mol. The van der Waals surface area contributed by atoms with Crippen LogP contribution in [0, 0.1) is 0 Å². The molecule has 1 amide bonds. The summed E-state index contributed by atoms with van der Waals surface area (Å²) in [4.78, 5) is 25.8. The Morgan fingerprint density at radius 2 is 1.92 bits per heavy atom. The van der Waals surface area contributed by atoms with Gasteiger partial charge in [0.2, 0.25) is 0 Å². The number of rotatable bonds is 7. The third-order valence-electron chi connectivity index (χ3n) is 5.85. The van der Waals surface area contributed by atoms with Crippen LogP contribution < -0.4 is 10.1 Å². The highest BCUT2D eigenvalue weighted by Gasteiger charge is 2.43. The summed E-state index contributed by atoms with van der Waals surface area (Å²) in [5.74, 6) is -0.0811. The summed E-state index contributed by atoms with van der Waals surface area (Å²) in [7, 11) is 1.56. The van der Waals surface area contributed by atoms with Crippen LogP contribution in [0.4, 0.5) is 13.2 Å². The zero-order valence-corrected chi connectivity index (χ0v) is 19.1. The van der Waals surface area contributed by atoms with Crippen LogP contribution in [0.3, 0.4) is 0 Å². The van der Waals surface area contributed by atoms with Gasteiger partial charge in [0, 0.05) is 35.6 Å².